The number of hydrogen-bond acceptors (Lipinski definition) is 3. The third-order valence-corrected chi connectivity index (χ3v) is 3.97. The standard InChI is InChI=1S/C16H25FN2O/c1-20-11-8-18-12-14-6-9-19(10-7-14)13-15-4-2-3-5-16(15)17/h2-5,14,18H,6-13H2,1H3. The average Bonchev–Trinajstić information content (AvgIpc) is 2.48. The summed E-state index contributed by atoms with van der Waals surface area (Å²) >= 11 is 0. The molecule has 0 spiro atoms. The predicted octanol–water partition coefficient (Wildman–Crippen LogP) is 2.27. The predicted molar refractivity (Wildman–Crippen MR) is 79.1 cm³/mol. The molecule has 0 bridgehead atoms. The smallest absolute Gasteiger partial charge is 0.127 e. The van der Waals surface area contributed by atoms with Gasteiger partial charge < -0.3 is 10.1 Å². The third-order valence-electron chi connectivity index (χ3n) is 3.97. The molecule has 1 N–H and O–H groups in total. The number of methoxy groups -OCH3 is 1. The van der Waals surface area contributed by atoms with Crippen molar-refractivity contribution in [2.75, 3.05) is 39.9 Å². The monoisotopic (exact) mass is 280 g/mol. The minimum atomic E-state index is -0.0872. The topological polar surface area (TPSA) is 24.5 Å². The van der Waals surface area contributed by atoms with E-state index in [2.05, 4.69) is 10.2 Å². The molecule has 112 valence electrons. The number of ether oxygens (including phenoxy) is 1. The largest absolute Gasteiger partial charge is 0.383 e. The van der Waals surface area contributed by atoms with Gasteiger partial charge >= 0.3 is 0 Å². The lowest BCUT2D eigenvalue weighted by Gasteiger charge is -2.32. The summed E-state index contributed by atoms with van der Waals surface area (Å²) in [6.07, 6.45) is 2.38. The van der Waals surface area contributed by atoms with Gasteiger partial charge in [0.1, 0.15) is 5.82 Å². The summed E-state index contributed by atoms with van der Waals surface area (Å²) in [5, 5.41) is 3.43. The van der Waals surface area contributed by atoms with Crippen LogP contribution in [0, 0.1) is 11.7 Å². The van der Waals surface area contributed by atoms with Gasteiger partial charge in [0.05, 0.1) is 6.61 Å². The Kier molecular flexibility index (Phi) is 6.43. The molecule has 20 heavy (non-hydrogen) atoms. The molecule has 0 atom stereocenters. The van der Waals surface area contributed by atoms with Crippen LogP contribution in [0.1, 0.15) is 18.4 Å². The molecular weight excluding hydrogens is 255 g/mol. The van der Waals surface area contributed by atoms with Gasteiger partial charge in [-0.25, -0.2) is 4.39 Å². The van der Waals surface area contributed by atoms with E-state index in [-0.39, 0.29) is 5.82 Å². The van der Waals surface area contributed by atoms with E-state index in [0.717, 1.165) is 50.8 Å². The fourth-order valence-corrected chi connectivity index (χ4v) is 2.70. The minimum absolute atomic E-state index is 0.0872. The Labute approximate surface area is 121 Å². The number of hydrogen-bond donors (Lipinski definition) is 1. The van der Waals surface area contributed by atoms with E-state index < -0.39 is 0 Å². The van der Waals surface area contributed by atoms with Crippen LogP contribution in [0.15, 0.2) is 24.3 Å². The highest BCUT2D eigenvalue weighted by atomic mass is 19.1. The molecule has 0 aromatic heterocycles. The zero-order valence-electron chi connectivity index (χ0n) is 12.3. The van der Waals surface area contributed by atoms with Crippen molar-refractivity contribution in [2.45, 2.75) is 19.4 Å². The first-order valence-electron chi connectivity index (χ1n) is 7.45. The van der Waals surface area contributed by atoms with Crippen molar-refractivity contribution < 1.29 is 9.13 Å². The van der Waals surface area contributed by atoms with Crippen molar-refractivity contribution >= 4 is 0 Å². The van der Waals surface area contributed by atoms with Crippen molar-refractivity contribution in [1.29, 1.82) is 0 Å². The first-order chi connectivity index (χ1) is 9.79. The van der Waals surface area contributed by atoms with E-state index in [1.807, 2.05) is 12.1 Å². The summed E-state index contributed by atoms with van der Waals surface area (Å²) in [5.41, 5.74) is 0.809. The van der Waals surface area contributed by atoms with Crippen molar-refractivity contribution in [1.82, 2.24) is 10.2 Å². The number of nitrogens with zero attached hydrogens (tertiary/aromatic N) is 1. The molecule has 1 heterocycles. The molecule has 0 unspecified atom stereocenters. The second-order valence-corrected chi connectivity index (χ2v) is 5.51. The average molecular weight is 280 g/mol. The molecular formula is C16H25FN2O. The summed E-state index contributed by atoms with van der Waals surface area (Å²) in [4.78, 5) is 2.35. The van der Waals surface area contributed by atoms with Gasteiger partial charge in [-0.2, -0.15) is 0 Å². The molecule has 0 aliphatic carbocycles. The minimum Gasteiger partial charge on any atom is -0.383 e. The van der Waals surface area contributed by atoms with Crippen LogP contribution in [-0.4, -0.2) is 44.8 Å². The molecule has 1 aromatic rings. The van der Waals surface area contributed by atoms with Crippen LogP contribution < -0.4 is 5.32 Å². The van der Waals surface area contributed by atoms with Crippen LogP contribution in [0.2, 0.25) is 0 Å². The van der Waals surface area contributed by atoms with Gasteiger partial charge in [0.25, 0.3) is 0 Å². The fourth-order valence-electron chi connectivity index (χ4n) is 2.70. The first kappa shape index (κ1) is 15.4. The molecule has 1 fully saturated rings. The zero-order chi connectivity index (χ0) is 14.2. The molecule has 1 aliphatic rings. The van der Waals surface area contributed by atoms with Crippen LogP contribution >= 0.6 is 0 Å². The van der Waals surface area contributed by atoms with E-state index in [1.165, 1.54) is 12.8 Å². The molecule has 0 saturated carbocycles. The van der Waals surface area contributed by atoms with Gasteiger partial charge in [0.15, 0.2) is 0 Å². The number of piperidine rings is 1. The molecule has 0 radical (unpaired) electrons. The lowest BCUT2D eigenvalue weighted by Crippen LogP contribution is -2.37. The van der Waals surface area contributed by atoms with Crippen molar-refractivity contribution in [3.63, 3.8) is 0 Å². The Hall–Kier alpha value is -0.970. The van der Waals surface area contributed by atoms with E-state index in [1.54, 1.807) is 19.2 Å². The first-order valence-corrected chi connectivity index (χ1v) is 7.45. The maximum atomic E-state index is 13.6. The van der Waals surface area contributed by atoms with Crippen molar-refractivity contribution in [2.24, 2.45) is 5.92 Å². The van der Waals surface area contributed by atoms with Gasteiger partial charge in [0.2, 0.25) is 0 Å². The summed E-state index contributed by atoms with van der Waals surface area (Å²) in [6, 6.07) is 7.08. The number of benzene rings is 1. The van der Waals surface area contributed by atoms with Gasteiger partial charge in [-0.1, -0.05) is 18.2 Å². The van der Waals surface area contributed by atoms with Crippen molar-refractivity contribution in [3.8, 4) is 0 Å². The number of nitrogens with one attached hydrogen (secondary N) is 1. The molecule has 1 aromatic carbocycles. The zero-order valence-corrected chi connectivity index (χ0v) is 12.3. The lowest BCUT2D eigenvalue weighted by molar-refractivity contribution is 0.167. The normalized spacial score (nSPS) is 17.5. The maximum absolute atomic E-state index is 13.6. The van der Waals surface area contributed by atoms with Gasteiger partial charge in [-0.3, -0.25) is 4.90 Å². The van der Waals surface area contributed by atoms with E-state index >= 15 is 0 Å². The van der Waals surface area contributed by atoms with Gasteiger partial charge in [0, 0.05) is 25.8 Å². The SMILES string of the molecule is COCCNCC1CCN(Cc2ccccc2F)CC1. The highest BCUT2D eigenvalue weighted by molar-refractivity contribution is 5.17. The van der Waals surface area contributed by atoms with Gasteiger partial charge in [-0.05, 0) is 44.5 Å². The molecule has 1 aliphatic heterocycles. The maximum Gasteiger partial charge on any atom is 0.127 e. The summed E-state index contributed by atoms with van der Waals surface area (Å²) in [7, 11) is 1.73. The Morgan fingerprint density at radius 2 is 2.05 bits per heavy atom. The third kappa shape index (κ3) is 4.85. The van der Waals surface area contributed by atoms with Crippen LogP contribution in [0.5, 0.6) is 0 Å². The second-order valence-electron chi connectivity index (χ2n) is 5.51. The molecule has 3 nitrogen and oxygen atoms in total. The molecule has 1 saturated heterocycles. The Morgan fingerprint density at radius 3 is 2.75 bits per heavy atom. The van der Waals surface area contributed by atoms with Crippen molar-refractivity contribution in [3.05, 3.63) is 35.6 Å². The highest BCUT2D eigenvalue weighted by Crippen LogP contribution is 2.19. The van der Waals surface area contributed by atoms with E-state index in [9.17, 15) is 4.39 Å². The van der Waals surface area contributed by atoms with E-state index in [4.69, 9.17) is 4.74 Å². The van der Waals surface area contributed by atoms with Gasteiger partial charge in [-0.15, -0.1) is 0 Å². The van der Waals surface area contributed by atoms with Crippen LogP contribution in [0.4, 0.5) is 4.39 Å². The number of rotatable bonds is 7. The van der Waals surface area contributed by atoms with Crippen LogP contribution in [0.3, 0.4) is 0 Å². The van der Waals surface area contributed by atoms with Crippen LogP contribution in [-0.2, 0) is 11.3 Å². The summed E-state index contributed by atoms with van der Waals surface area (Å²) < 4.78 is 18.6. The summed E-state index contributed by atoms with van der Waals surface area (Å²) in [6.45, 7) is 5.61. The quantitative estimate of drug-likeness (QED) is 0.776. The Balaban J connectivity index is 1.68. The number of halogens is 1. The Bertz CT molecular complexity index is 392. The van der Waals surface area contributed by atoms with Crippen LogP contribution in [0.25, 0.3) is 0 Å². The second kappa shape index (κ2) is 8.35. The highest BCUT2D eigenvalue weighted by Gasteiger charge is 2.19. The molecule has 4 heteroatoms. The van der Waals surface area contributed by atoms with E-state index in [0.29, 0.717) is 0 Å². The molecule has 2 rings (SSSR count). The summed E-state index contributed by atoms with van der Waals surface area (Å²) in [5.74, 6) is 0.652. The fraction of sp³-hybridized carbons (Fsp3) is 0.625. The molecule has 0 amide bonds. The lowest BCUT2D eigenvalue weighted by atomic mass is 9.96. The Morgan fingerprint density at radius 1 is 1.30 bits per heavy atom. The number of likely N-dealkylation sites (tertiary alicyclic amines) is 1.